The largest absolute Gasteiger partial charge is 0.494 e. The van der Waals surface area contributed by atoms with Crippen molar-refractivity contribution in [3.05, 3.63) is 64.7 Å². The lowest BCUT2D eigenvalue weighted by Gasteiger charge is -2.41. The van der Waals surface area contributed by atoms with Crippen LogP contribution in [0.3, 0.4) is 0 Å². The first kappa shape index (κ1) is 20.2. The molecule has 0 bridgehead atoms. The molecule has 1 saturated heterocycles. The van der Waals surface area contributed by atoms with Crippen molar-refractivity contribution in [2.75, 3.05) is 32.8 Å². The molecule has 1 aliphatic heterocycles. The van der Waals surface area contributed by atoms with Gasteiger partial charge in [0.05, 0.1) is 6.61 Å². The van der Waals surface area contributed by atoms with Gasteiger partial charge in [-0.05, 0) is 42.7 Å². The second kappa shape index (κ2) is 10.1. The fraction of sp³-hybridized carbons (Fsp3) is 0.455. The topological polar surface area (TPSA) is 35.9 Å². The number of ether oxygens (including phenoxy) is 1. The quantitative estimate of drug-likeness (QED) is 0.746. The molecule has 5 heteroatoms. The summed E-state index contributed by atoms with van der Waals surface area (Å²) in [5.41, 5.74) is 2.45. The van der Waals surface area contributed by atoms with Crippen molar-refractivity contribution in [3.63, 3.8) is 0 Å². The molecule has 1 atom stereocenters. The van der Waals surface area contributed by atoms with E-state index in [-0.39, 0.29) is 6.61 Å². The van der Waals surface area contributed by atoms with Crippen molar-refractivity contribution in [2.45, 2.75) is 32.5 Å². The molecule has 146 valence electrons. The zero-order chi connectivity index (χ0) is 19.1. The van der Waals surface area contributed by atoms with Crippen LogP contribution >= 0.6 is 11.6 Å². The maximum atomic E-state index is 9.54. The molecule has 0 radical (unpaired) electrons. The molecule has 2 aromatic rings. The van der Waals surface area contributed by atoms with Gasteiger partial charge in [0.25, 0.3) is 0 Å². The van der Waals surface area contributed by atoms with Crippen LogP contribution in [-0.4, -0.2) is 53.8 Å². The minimum atomic E-state index is 0.213. The van der Waals surface area contributed by atoms with E-state index >= 15 is 0 Å². The summed E-state index contributed by atoms with van der Waals surface area (Å²) in [6.45, 7) is 7.59. The van der Waals surface area contributed by atoms with E-state index in [0.717, 1.165) is 49.9 Å². The van der Waals surface area contributed by atoms with Crippen LogP contribution in [0.4, 0.5) is 0 Å². The number of nitrogens with zero attached hydrogens (tertiary/aromatic N) is 2. The number of benzene rings is 2. The lowest BCUT2D eigenvalue weighted by molar-refractivity contribution is 0.0500. The van der Waals surface area contributed by atoms with Crippen LogP contribution in [0.2, 0.25) is 5.02 Å². The third kappa shape index (κ3) is 5.69. The van der Waals surface area contributed by atoms with Crippen LogP contribution in [0.1, 0.15) is 24.5 Å². The molecular weight excluding hydrogens is 360 g/mol. The van der Waals surface area contributed by atoms with Crippen LogP contribution in [0.15, 0.2) is 48.5 Å². The van der Waals surface area contributed by atoms with Crippen LogP contribution in [0, 0.1) is 0 Å². The van der Waals surface area contributed by atoms with Crippen molar-refractivity contribution in [1.29, 1.82) is 0 Å². The summed E-state index contributed by atoms with van der Waals surface area (Å²) in [5, 5.41) is 10.4. The highest BCUT2D eigenvalue weighted by Crippen LogP contribution is 2.22. The van der Waals surface area contributed by atoms with Crippen LogP contribution in [0.5, 0.6) is 5.75 Å². The third-order valence-electron chi connectivity index (χ3n) is 5.12. The van der Waals surface area contributed by atoms with E-state index in [0.29, 0.717) is 12.6 Å². The second-order valence-electron chi connectivity index (χ2n) is 7.04. The number of rotatable bonds is 8. The first-order chi connectivity index (χ1) is 13.2. The molecule has 2 aromatic carbocycles. The number of halogens is 1. The van der Waals surface area contributed by atoms with E-state index in [9.17, 15) is 5.11 Å². The van der Waals surface area contributed by atoms with Crippen LogP contribution in [0.25, 0.3) is 0 Å². The van der Waals surface area contributed by atoms with E-state index < -0.39 is 0 Å². The summed E-state index contributed by atoms with van der Waals surface area (Å²) in [7, 11) is 0. The fourth-order valence-electron chi connectivity index (χ4n) is 3.69. The number of aliphatic hydroxyl groups is 1. The molecule has 4 nitrogen and oxygen atoms in total. The summed E-state index contributed by atoms with van der Waals surface area (Å²) in [5.74, 6) is 0.915. The molecule has 1 heterocycles. The Morgan fingerprint density at radius 3 is 2.56 bits per heavy atom. The van der Waals surface area contributed by atoms with Gasteiger partial charge in [-0.15, -0.1) is 0 Å². The fourth-order valence-corrected chi connectivity index (χ4v) is 3.89. The first-order valence-electron chi connectivity index (χ1n) is 9.72. The molecule has 1 aliphatic rings. The summed E-state index contributed by atoms with van der Waals surface area (Å²) < 4.78 is 5.53. The van der Waals surface area contributed by atoms with Crippen molar-refractivity contribution in [2.24, 2.45) is 0 Å². The number of hydrogen-bond donors (Lipinski definition) is 1. The van der Waals surface area contributed by atoms with Crippen molar-refractivity contribution in [1.82, 2.24) is 9.80 Å². The van der Waals surface area contributed by atoms with Gasteiger partial charge in [-0.1, -0.05) is 41.9 Å². The Bertz CT molecular complexity index is 708. The standard InChI is InChI=1S/C22H29ClN2O2/c1-2-27-21-9-7-18(8-10-21)15-25-13-12-24(17-20(25)11-14-26)16-19-5-3-4-6-22(19)23/h3-10,20,26H,2,11-17H2,1H3/t20-/m1/s1. The predicted molar refractivity (Wildman–Crippen MR) is 110 cm³/mol. The molecule has 0 amide bonds. The molecule has 27 heavy (non-hydrogen) atoms. The van der Waals surface area contributed by atoms with Crippen molar-refractivity contribution < 1.29 is 9.84 Å². The van der Waals surface area contributed by atoms with E-state index in [1.54, 1.807) is 0 Å². The lowest BCUT2D eigenvalue weighted by Crippen LogP contribution is -2.52. The van der Waals surface area contributed by atoms with Gasteiger partial charge < -0.3 is 9.84 Å². The van der Waals surface area contributed by atoms with Gasteiger partial charge in [0, 0.05) is 50.4 Å². The summed E-state index contributed by atoms with van der Waals surface area (Å²) in [4.78, 5) is 4.92. The Morgan fingerprint density at radius 1 is 1.07 bits per heavy atom. The first-order valence-corrected chi connectivity index (χ1v) is 10.1. The maximum absolute atomic E-state index is 9.54. The molecule has 1 N–H and O–H groups in total. The Morgan fingerprint density at radius 2 is 1.85 bits per heavy atom. The molecule has 1 fully saturated rings. The monoisotopic (exact) mass is 388 g/mol. The van der Waals surface area contributed by atoms with E-state index in [2.05, 4.69) is 28.0 Å². The van der Waals surface area contributed by atoms with E-state index in [1.165, 1.54) is 11.1 Å². The molecule has 0 saturated carbocycles. The van der Waals surface area contributed by atoms with Gasteiger partial charge >= 0.3 is 0 Å². The Labute approximate surface area is 167 Å². The number of hydrogen-bond acceptors (Lipinski definition) is 4. The molecule has 0 unspecified atom stereocenters. The van der Waals surface area contributed by atoms with Gasteiger partial charge in [0.15, 0.2) is 0 Å². The van der Waals surface area contributed by atoms with Crippen LogP contribution < -0.4 is 4.74 Å². The minimum absolute atomic E-state index is 0.213. The molecule has 0 spiro atoms. The zero-order valence-corrected chi connectivity index (χ0v) is 16.7. The van der Waals surface area contributed by atoms with Gasteiger partial charge in [-0.25, -0.2) is 0 Å². The SMILES string of the molecule is CCOc1ccc(CN2CCN(Cc3ccccc3Cl)C[C@H]2CCO)cc1. The van der Waals surface area contributed by atoms with Crippen molar-refractivity contribution in [3.8, 4) is 5.75 Å². The smallest absolute Gasteiger partial charge is 0.119 e. The van der Waals surface area contributed by atoms with Gasteiger partial charge in [0.1, 0.15) is 5.75 Å². The highest BCUT2D eigenvalue weighted by atomic mass is 35.5. The van der Waals surface area contributed by atoms with E-state index in [1.807, 2.05) is 37.3 Å². The highest BCUT2D eigenvalue weighted by molar-refractivity contribution is 6.31. The second-order valence-corrected chi connectivity index (χ2v) is 7.45. The van der Waals surface area contributed by atoms with Gasteiger partial charge in [-0.3, -0.25) is 9.80 Å². The zero-order valence-electron chi connectivity index (χ0n) is 16.0. The Hall–Kier alpha value is -1.59. The Kier molecular flexibility index (Phi) is 7.53. The predicted octanol–water partition coefficient (Wildman–Crippen LogP) is 3.81. The van der Waals surface area contributed by atoms with Crippen molar-refractivity contribution >= 4 is 11.6 Å². The average Bonchev–Trinajstić information content (AvgIpc) is 2.68. The lowest BCUT2D eigenvalue weighted by atomic mass is 10.1. The van der Waals surface area contributed by atoms with Crippen LogP contribution in [-0.2, 0) is 13.1 Å². The normalized spacial score (nSPS) is 18.6. The number of piperazine rings is 1. The third-order valence-corrected chi connectivity index (χ3v) is 5.49. The molecular formula is C22H29ClN2O2. The Balaban J connectivity index is 1.61. The molecule has 0 aromatic heterocycles. The summed E-state index contributed by atoms with van der Waals surface area (Å²) in [6, 6.07) is 16.7. The minimum Gasteiger partial charge on any atom is -0.494 e. The number of aliphatic hydroxyl groups excluding tert-OH is 1. The van der Waals surface area contributed by atoms with E-state index in [4.69, 9.17) is 16.3 Å². The maximum Gasteiger partial charge on any atom is 0.119 e. The highest BCUT2D eigenvalue weighted by Gasteiger charge is 2.26. The summed E-state index contributed by atoms with van der Waals surface area (Å²) >= 11 is 6.32. The molecule has 3 rings (SSSR count). The average molecular weight is 389 g/mol. The molecule has 0 aliphatic carbocycles. The van der Waals surface area contributed by atoms with Gasteiger partial charge in [-0.2, -0.15) is 0 Å². The van der Waals surface area contributed by atoms with Gasteiger partial charge in [0.2, 0.25) is 0 Å². The summed E-state index contributed by atoms with van der Waals surface area (Å²) in [6.07, 6.45) is 0.788.